The van der Waals surface area contributed by atoms with Crippen molar-refractivity contribution in [2.24, 2.45) is 0 Å². The van der Waals surface area contributed by atoms with Crippen LogP contribution < -0.4 is 10.6 Å². The minimum atomic E-state index is -1.55. The van der Waals surface area contributed by atoms with Crippen molar-refractivity contribution < 1.29 is 25.5 Å². The number of hydrogen-bond donors (Lipinski definition) is 7. The lowest BCUT2D eigenvalue weighted by atomic mass is 10.0. The molecule has 0 aliphatic rings. The van der Waals surface area contributed by atoms with Crippen molar-refractivity contribution >= 4 is 0 Å². The Labute approximate surface area is 166 Å². The van der Waals surface area contributed by atoms with Crippen LogP contribution in [0.3, 0.4) is 0 Å². The van der Waals surface area contributed by atoms with Crippen LogP contribution in [0.15, 0.2) is 60.7 Å². The lowest BCUT2D eigenvalue weighted by Crippen LogP contribution is -2.48. The molecule has 2 aromatic carbocycles. The predicted molar refractivity (Wildman–Crippen MR) is 108 cm³/mol. The third kappa shape index (κ3) is 9.38. The molecule has 2 rings (SSSR count). The molecule has 0 spiro atoms. The molecule has 156 valence electrons. The van der Waals surface area contributed by atoms with Crippen LogP contribution in [0.25, 0.3) is 0 Å². The third-order valence-electron chi connectivity index (χ3n) is 4.08. The Morgan fingerprint density at radius 1 is 0.714 bits per heavy atom. The monoisotopic (exact) mass is 392 g/mol. The van der Waals surface area contributed by atoms with Gasteiger partial charge in [-0.25, -0.2) is 0 Å². The van der Waals surface area contributed by atoms with Crippen LogP contribution in [-0.4, -0.2) is 70.1 Å². The first-order valence-corrected chi connectivity index (χ1v) is 9.25. The van der Waals surface area contributed by atoms with Gasteiger partial charge in [-0.1, -0.05) is 60.7 Å². The smallest absolute Gasteiger partial charge is 0.111 e. The topological polar surface area (TPSA) is 125 Å². The number of likely N-dealkylation sites (N-methyl/N-ethyl adjacent to an activating group) is 1. The molecule has 28 heavy (non-hydrogen) atoms. The van der Waals surface area contributed by atoms with E-state index in [2.05, 4.69) is 59.2 Å². The van der Waals surface area contributed by atoms with Gasteiger partial charge in [0.15, 0.2) is 0 Å². The Morgan fingerprint density at radius 3 is 1.54 bits per heavy atom. The normalized spacial score (nSPS) is 15.1. The number of rotatable bonds is 10. The second kappa shape index (κ2) is 14.2. The molecule has 0 unspecified atom stereocenters. The van der Waals surface area contributed by atoms with Crippen molar-refractivity contribution in [3.8, 4) is 0 Å². The Morgan fingerprint density at radius 2 is 1.14 bits per heavy atom. The lowest BCUT2D eigenvalue weighted by Gasteiger charge is -2.25. The molecule has 0 radical (unpaired) electrons. The van der Waals surface area contributed by atoms with Crippen molar-refractivity contribution in [2.45, 2.75) is 37.5 Å². The van der Waals surface area contributed by atoms with E-state index in [0.717, 1.165) is 13.1 Å². The van der Waals surface area contributed by atoms with Gasteiger partial charge in [0, 0.05) is 19.6 Å². The van der Waals surface area contributed by atoms with E-state index < -0.39 is 31.0 Å². The molecule has 0 bridgehead atoms. The number of aliphatic hydroxyl groups excluding tert-OH is 5. The molecule has 0 aliphatic carbocycles. The van der Waals surface area contributed by atoms with Crippen LogP contribution in [0.1, 0.15) is 11.1 Å². The first-order chi connectivity index (χ1) is 13.5. The van der Waals surface area contributed by atoms with Gasteiger partial charge in [-0.15, -0.1) is 0 Å². The summed E-state index contributed by atoms with van der Waals surface area (Å²) < 4.78 is 0. The minimum absolute atomic E-state index is 0.0936. The van der Waals surface area contributed by atoms with Crippen LogP contribution >= 0.6 is 0 Å². The van der Waals surface area contributed by atoms with Gasteiger partial charge < -0.3 is 36.2 Å². The Bertz CT molecular complexity index is 575. The highest BCUT2D eigenvalue weighted by Gasteiger charge is 2.29. The number of benzene rings is 2. The number of nitrogens with one attached hydrogen (secondary N) is 2. The standard InChI is InChI=1S/C14H15N.C7H17NO5/c1-3-7-13(8-4-1)11-15-12-14-9-5-2-6-10-14;1-8-2-4(10)6(12)7(13)5(11)3-9/h1-10,15H,11-12H2;4-13H,2-3H2,1H3/t;4-,5+,6+,7+/m.0/s1. The fourth-order valence-electron chi connectivity index (χ4n) is 2.44. The second-order valence-electron chi connectivity index (χ2n) is 6.43. The zero-order chi connectivity index (χ0) is 20.8. The summed E-state index contributed by atoms with van der Waals surface area (Å²) in [6.07, 6.45) is -5.65. The summed E-state index contributed by atoms with van der Waals surface area (Å²) in [5, 5.41) is 50.9. The van der Waals surface area contributed by atoms with E-state index in [4.69, 9.17) is 20.4 Å². The van der Waals surface area contributed by atoms with E-state index >= 15 is 0 Å². The van der Waals surface area contributed by atoms with Crippen LogP contribution in [-0.2, 0) is 13.1 Å². The molecule has 0 heterocycles. The highest BCUT2D eigenvalue weighted by molar-refractivity contribution is 5.16. The van der Waals surface area contributed by atoms with E-state index in [-0.39, 0.29) is 6.54 Å². The fraction of sp³-hybridized carbons (Fsp3) is 0.429. The van der Waals surface area contributed by atoms with Crippen LogP contribution in [0.5, 0.6) is 0 Å². The summed E-state index contributed by atoms with van der Waals surface area (Å²) in [4.78, 5) is 0. The molecule has 7 nitrogen and oxygen atoms in total. The van der Waals surface area contributed by atoms with E-state index in [1.54, 1.807) is 7.05 Å². The van der Waals surface area contributed by atoms with Gasteiger partial charge in [-0.2, -0.15) is 0 Å². The van der Waals surface area contributed by atoms with Crippen LogP contribution in [0.2, 0.25) is 0 Å². The first kappa shape index (κ1) is 24.2. The van der Waals surface area contributed by atoms with Crippen molar-refractivity contribution in [2.75, 3.05) is 20.2 Å². The van der Waals surface area contributed by atoms with Gasteiger partial charge in [0.2, 0.25) is 0 Å². The highest BCUT2D eigenvalue weighted by atomic mass is 16.4. The molecule has 7 heteroatoms. The molecule has 7 N–H and O–H groups in total. The molecular weight excluding hydrogens is 360 g/mol. The van der Waals surface area contributed by atoms with Crippen molar-refractivity contribution in [3.05, 3.63) is 71.8 Å². The maximum atomic E-state index is 9.21. The minimum Gasteiger partial charge on any atom is -0.394 e. The van der Waals surface area contributed by atoms with Gasteiger partial charge in [0.1, 0.15) is 18.3 Å². The Balaban J connectivity index is 0.000000284. The molecule has 0 saturated heterocycles. The SMILES string of the molecule is CNC[C@H](O)[C@@H](O)[C@H](O)[C@H](O)CO.c1ccc(CNCc2ccccc2)cc1. The van der Waals surface area contributed by atoms with E-state index in [1.807, 2.05) is 12.1 Å². The first-order valence-electron chi connectivity index (χ1n) is 9.25. The number of aliphatic hydroxyl groups is 5. The molecule has 0 fully saturated rings. The largest absolute Gasteiger partial charge is 0.394 e. The van der Waals surface area contributed by atoms with Crippen LogP contribution in [0, 0.1) is 0 Å². The molecule has 4 atom stereocenters. The summed E-state index contributed by atoms with van der Waals surface area (Å²) >= 11 is 0. The van der Waals surface area contributed by atoms with Gasteiger partial charge in [0.25, 0.3) is 0 Å². The fourth-order valence-corrected chi connectivity index (χ4v) is 2.44. The average molecular weight is 392 g/mol. The zero-order valence-electron chi connectivity index (χ0n) is 16.1. The van der Waals surface area contributed by atoms with Crippen molar-refractivity contribution in [3.63, 3.8) is 0 Å². The molecule has 0 aliphatic heterocycles. The summed E-state index contributed by atoms with van der Waals surface area (Å²) in [5.41, 5.74) is 2.65. The second-order valence-corrected chi connectivity index (χ2v) is 6.43. The Kier molecular flexibility index (Phi) is 12.3. The summed E-state index contributed by atoms with van der Waals surface area (Å²) in [7, 11) is 1.57. The number of hydrogen-bond acceptors (Lipinski definition) is 7. The molecule has 0 aromatic heterocycles. The van der Waals surface area contributed by atoms with Gasteiger partial charge in [0.05, 0.1) is 12.7 Å². The predicted octanol–water partition coefficient (Wildman–Crippen LogP) is -0.382. The van der Waals surface area contributed by atoms with Gasteiger partial charge >= 0.3 is 0 Å². The molecule has 0 saturated carbocycles. The molecule has 0 amide bonds. The summed E-state index contributed by atoms with van der Waals surface area (Å²) in [6, 6.07) is 20.9. The lowest BCUT2D eigenvalue weighted by molar-refractivity contribution is -0.113. The van der Waals surface area contributed by atoms with Gasteiger partial charge in [-0.3, -0.25) is 0 Å². The molecule has 2 aromatic rings. The summed E-state index contributed by atoms with van der Waals surface area (Å²) in [5.74, 6) is 0. The van der Waals surface area contributed by atoms with E-state index in [0.29, 0.717) is 0 Å². The highest BCUT2D eigenvalue weighted by Crippen LogP contribution is 2.04. The zero-order valence-corrected chi connectivity index (χ0v) is 16.1. The average Bonchev–Trinajstić information content (AvgIpc) is 2.74. The van der Waals surface area contributed by atoms with Crippen molar-refractivity contribution in [1.29, 1.82) is 0 Å². The Hall–Kier alpha value is -1.84. The van der Waals surface area contributed by atoms with Crippen LogP contribution in [0.4, 0.5) is 0 Å². The van der Waals surface area contributed by atoms with Crippen molar-refractivity contribution in [1.82, 2.24) is 10.6 Å². The third-order valence-corrected chi connectivity index (χ3v) is 4.08. The maximum absolute atomic E-state index is 9.21. The maximum Gasteiger partial charge on any atom is 0.111 e. The quantitative estimate of drug-likeness (QED) is 0.294. The summed E-state index contributed by atoms with van der Waals surface area (Å²) in [6.45, 7) is 1.28. The van der Waals surface area contributed by atoms with E-state index in [1.165, 1.54) is 11.1 Å². The van der Waals surface area contributed by atoms with E-state index in [9.17, 15) is 5.11 Å². The molecular formula is C21H32N2O5. The van der Waals surface area contributed by atoms with Gasteiger partial charge in [-0.05, 0) is 18.2 Å².